The first-order valence-electron chi connectivity index (χ1n) is 9.04. The van der Waals surface area contributed by atoms with E-state index in [1.807, 2.05) is 18.2 Å². The Hall–Kier alpha value is -1.89. The number of carbonyl (C=O) groups excluding carboxylic acids is 1. The highest BCUT2D eigenvalue weighted by Crippen LogP contribution is 2.21. The number of hydrogen-bond donors (Lipinski definition) is 0. The van der Waals surface area contributed by atoms with E-state index in [0.29, 0.717) is 37.6 Å². The Morgan fingerprint density at radius 2 is 1.67 bits per heavy atom. The lowest BCUT2D eigenvalue weighted by Crippen LogP contribution is -2.50. The molecule has 3 rings (SSSR count). The summed E-state index contributed by atoms with van der Waals surface area (Å²) < 4.78 is 26.8. The first-order valence-corrected chi connectivity index (χ1v) is 10.9. The van der Waals surface area contributed by atoms with Gasteiger partial charge in [-0.05, 0) is 36.6 Å². The molecule has 7 heteroatoms. The minimum absolute atomic E-state index is 0.0886. The summed E-state index contributed by atoms with van der Waals surface area (Å²) in [6.07, 6.45) is 2.15. The maximum atomic E-state index is 12.7. The monoisotopic (exact) mass is 406 g/mol. The first kappa shape index (κ1) is 19.9. The maximum absolute atomic E-state index is 12.7. The number of amides is 1. The van der Waals surface area contributed by atoms with Crippen molar-refractivity contribution in [2.24, 2.45) is 0 Å². The van der Waals surface area contributed by atoms with Crippen LogP contribution in [0.15, 0.2) is 59.5 Å². The molecule has 0 aliphatic carbocycles. The highest BCUT2D eigenvalue weighted by atomic mass is 35.5. The zero-order chi connectivity index (χ0) is 19.3. The van der Waals surface area contributed by atoms with Gasteiger partial charge in [0.15, 0.2) is 0 Å². The zero-order valence-electron chi connectivity index (χ0n) is 15.1. The molecular formula is C20H23ClN2O3S. The molecule has 0 radical (unpaired) electrons. The van der Waals surface area contributed by atoms with Crippen LogP contribution in [0.5, 0.6) is 0 Å². The Kier molecular flexibility index (Phi) is 6.52. The lowest BCUT2D eigenvalue weighted by molar-refractivity contribution is -0.132. The average Bonchev–Trinajstić information content (AvgIpc) is 2.69. The topological polar surface area (TPSA) is 57.7 Å². The van der Waals surface area contributed by atoms with Gasteiger partial charge in [-0.2, -0.15) is 4.31 Å². The summed E-state index contributed by atoms with van der Waals surface area (Å²) in [4.78, 5) is 14.4. The normalized spacial score (nSPS) is 15.7. The number of halogens is 1. The summed E-state index contributed by atoms with van der Waals surface area (Å²) >= 11 is 5.91. The van der Waals surface area contributed by atoms with Gasteiger partial charge < -0.3 is 4.90 Å². The van der Waals surface area contributed by atoms with Gasteiger partial charge in [0.25, 0.3) is 0 Å². The molecule has 5 nitrogen and oxygen atoms in total. The lowest BCUT2D eigenvalue weighted by atomic mass is 10.1. The van der Waals surface area contributed by atoms with Crippen molar-refractivity contribution in [2.45, 2.75) is 24.2 Å². The van der Waals surface area contributed by atoms with Crippen LogP contribution in [0.3, 0.4) is 0 Å². The number of hydrogen-bond acceptors (Lipinski definition) is 3. The number of sulfonamides is 1. The van der Waals surface area contributed by atoms with Gasteiger partial charge in [-0.1, -0.05) is 48.0 Å². The predicted molar refractivity (Wildman–Crippen MR) is 106 cm³/mol. The van der Waals surface area contributed by atoms with Crippen LogP contribution in [0.4, 0.5) is 0 Å². The third-order valence-electron chi connectivity index (χ3n) is 4.72. The van der Waals surface area contributed by atoms with E-state index in [1.54, 1.807) is 23.1 Å². The third kappa shape index (κ3) is 5.09. The molecule has 0 bridgehead atoms. The van der Waals surface area contributed by atoms with Crippen LogP contribution in [0.25, 0.3) is 0 Å². The van der Waals surface area contributed by atoms with E-state index in [1.165, 1.54) is 15.9 Å². The molecule has 27 heavy (non-hydrogen) atoms. The molecule has 0 N–H and O–H groups in total. The minimum Gasteiger partial charge on any atom is -0.340 e. The van der Waals surface area contributed by atoms with Crippen LogP contribution >= 0.6 is 11.6 Å². The summed E-state index contributed by atoms with van der Waals surface area (Å²) in [5, 5.41) is 0.392. The SMILES string of the molecule is O=C(CCCc1ccccc1)N1CCN(S(=O)(=O)c2cccc(Cl)c2)CC1. The second-order valence-electron chi connectivity index (χ2n) is 6.58. The van der Waals surface area contributed by atoms with Crippen molar-refractivity contribution in [3.8, 4) is 0 Å². The largest absolute Gasteiger partial charge is 0.340 e. The fourth-order valence-corrected chi connectivity index (χ4v) is 4.92. The second kappa shape index (κ2) is 8.87. The van der Waals surface area contributed by atoms with Gasteiger partial charge in [-0.3, -0.25) is 4.79 Å². The number of nitrogens with zero attached hydrogens (tertiary/aromatic N) is 2. The fraction of sp³-hybridized carbons (Fsp3) is 0.350. The molecule has 1 aliphatic heterocycles. The van der Waals surface area contributed by atoms with E-state index in [9.17, 15) is 13.2 Å². The average molecular weight is 407 g/mol. The molecule has 0 aromatic heterocycles. The van der Waals surface area contributed by atoms with Gasteiger partial charge in [0, 0.05) is 37.6 Å². The molecule has 0 spiro atoms. The van der Waals surface area contributed by atoms with Crippen LogP contribution in [-0.4, -0.2) is 49.7 Å². The summed E-state index contributed by atoms with van der Waals surface area (Å²) in [7, 11) is -3.58. The van der Waals surface area contributed by atoms with Crippen molar-refractivity contribution < 1.29 is 13.2 Å². The molecule has 1 aliphatic rings. The van der Waals surface area contributed by atoms with Gasteiger partial charge in [-0.25, -0.2) is 8.42 Å². The van der Waals surface area contributed by atoms with Crippen molar-refractivity contribution in [1.82, 2.24) is 9.21 Å². The van der Waals surface area contributed by atoms with Crippen LogP contribution in [-0.2, 0) is 21.2 Å². The van der Waals surface area contributed by atoms with Crippen molar-refractivity contribution in [3.63, 3.8) is 0 Å². The molecular weight excluding hydrogens is 384 g/mol. The highest BCUT2D eigenvalue weighted by Gasteiger charge is 2.29. The fourth-order valence-electron chi connectivity index (χ4n) is 3.20. The molecule has 1 fully saturated rings. The van der Waals surface area contributed by atoms with Gasteiger partial charge in [-0.15, -0.1) is 0 Å². The molecule has 2 aromatic rings. The quantitative estimate of drug-likeness (QED) is 0.740. The molecule has 1 saturated heterocycles. The van der Waals surface area contributed by atoms with Crippen molar-refractivity contribution in [3.05, 3.63) is 65.2 Å². The van der Waals surface area contributed by atoms with Crippen LogP contribution in [0, 0.1) is 0 Å². The summed E-state index contributed by atoms with van der Waals surface area (Å²) in [5.41, 5.74) is 1.22. The van der Waals surface area contributed by atoms with Gasteiger partial charge >= 0.3 is 0 Å². The standard InChI is InChI=1S/C20H23ClN2O3S/c21-18-9-5-10-19(16-18)27(25,26)23-14-12-22(13-15-23)20(24)11-4-8-17-6-2-1-3-7-17/h1-3,5-7,9-10,16H,4,8,11-15H2. The van der Waals surface area contributed by atoms with Crippen molar-refractivity contribution >= 4 is 27.5 Å². The molecule has 1 amide bonds. The molecule has 144 valence electrons. The number of benzene rings is 2. The number of carbonyl (C=O) groups is 1. The maximum Gasteiger partial charge on any atom is 0.243 e. The number of rotatable bonds is 6. The summed E-state index contributed by atoms with van der Waals surface area (Å²) in [5.74, 6) is 0.0886. The molecule has 0 saturated carbocycles. The highest BCUT2D eigenvalue weighted by molar-refractivity contribution is 7.89. The minimum atomic E-state index is -3.58. The molecule has 0 atom stereocenters. The van der Waals surface area contributed by atoms with Crippen LogP contribution in [0.1, 0.15) is 18.4 Å². The van der Waals surface area contributed by atoms with E-state index in [0.717, 1.165) is 12.8 Å². The number of aryl methyl sites for hydroxylation is 1. The van der Waals surface area contributed by atoms with E-state index < -0.39 is 10.0 Å². The van der Waals surface area contributed by atoms with Crippen LogP contribution < -0.4 is 0 Å². The van der Waals surface area contributed by atoms with E-state index in [2.05, 4.69) is 12.1 Å². The Balaban J connectivity index is 1.50. The predicted octanol–water partition coefficient (Wildman–Crippen LogP) is 3.20. The Bertz CT molecular complexity index is 879. The molecule has 1 heterocycles. The molecule has 2 aromatic carbocycles. The third-order valence-corrected chi connectivity index (χ3v) is 6.85. The van der Waals surface area contributed by atoms with Gasteiger partial charge in [0.1, 0.15) is 0 Å². The van der Waals surface area contributed by atoms with Crippen molar-refractivity contribution in [1.29, 1.82) is 0 Å². The van der Waals surface area contributed by atoms with E-state index in [-0.39, 0.29) is 10.8 Å². The summed E-state index contributed by atoms with van der Waals surface area (Å²) in [6, 6.07) is 16.4. The second-order valence-corrected chi connectivity index (χ2v) is 8.96. The van der Waals surface area contributed by atoms with E-state index >= 15 is 0 Å². The smallest absolute Gasteiger partial charge is 0.243 e. The lowest BCUT2D eigenvalue weighted by Gasteiger charge is -2.34. The van der Waals surface area contributed by atoms with Crippen molar-refractivity contribution in [2.75, 3.05) is 26.2 Å². The Morgan fingerprint density at radius 3 is 2.33 bits per heavy atom. The van der Waals surface area contributed by atoms with Gasteiger partial charge in [0.2, 0.25) is 15.9 Å². The zero-order valence-corrected chi connectivity index (χ0v) is 16.6. The Morgan fingerprint density at radius 1 is 0.963 bits per heavy atom. The number of piperazine rings is 1. The first-order chi connectivity index (χ1) is 13.0. The van der Waals surface area contributed by atoms with Crippen LogP contribution in [0.2, 0.25) is 5.02 Å². The molecule has 0 unspecified atom stereocenters. The Labute approximate surface area is 165 Å². The van der Waals surface area contributed by atoms with Gasteiger partial charge in [0.05, 0.1) is 4.90 Å². The summed E-state index contributed by atoms with van der Waals surface area (Å²) in [6.45, 7) is 1.45. The van der Waals surface area contributed by atoms with E-state index in [4.69, 9.17) is 11.6 Å².